The highest BCUT2D eigenvalue weighted by Gasteiger charge is 2.43. The van der Waals surface area contributed by atoms with Crippen LogP contribution >= 0.6 is 0 Å². The number of hydrogen-bond acceptors (Lipinski definition) is 2. The molecule has 2 atom stereocenters. The van der Waals surface area contributed by atoms with Crippen LogP contribution in [0.3, 0.4) is 0 Å². The number of amides is 2. The van der Waals surface area contributed by atoms with Crippen LogP contribution in [0.4, 0.5) is 0 Å². The lowest BCUT2D eigenvalue weighted by atomic mass is 9.76. The van der Waals surface area contributed by atoms with Gasteiger partial charge in [0.1, 0.15) is 0 Å². The molecule has 2 saturated carbocycles. The monoisotopic (exact) mass is 370 g/mol. The summed E-state index contributed by atoms with van der Waals surface area (Å²) in [6.45, 7) is 6.07. The first-order chi connectivity index (χ1) is 12.9. The smallest absolute Gasteiger partial charge is 0.230 e. The molecule has 1 aromatic rings. The Kier molecular flexibility index (Phi) is 6.23. The lowest BCUT2D eigenvalue weighted by Crippen LogP contribution is -2.49. The van der Waals surface area contributed by atoms with Crippen LogP contribution in [0.2, 0.25) is 0 Å². The van der Waals surface area contributed by atoms with Gasteiger partial charge in [0, 0.05) is 18.0 Å². The Morgan fingerprint density at radius 1 is 1.11 bits per heavy atom. The molecule has 3 rings (SSSR count). The van der Waals surface area contributed by atoms with E-state index in [1.54, 1.807) is 0 Å². The standard InChI is InChI=1S/C23H34N2O2/c1-16(2)24-21(26)18-9-7-11-20(15-18)25-22(27)23(12-4-5-13-23)19-10-6-8-17(3)14-19/h6,8,10,14,16,18,20H,4-5,7,9,11-13,15H2,1-3H3,(H,24,26)(H,25,27). The van der Waals surface area contributed by atoms with Crippen molar-refractivity contribution >= 4 is 11.8 Å². The molecule has 0 aromatic heterocycles. The summed E-state index contributed by atoms with van der Waals surface area (Å²) in [7, 11) is 0. The van der Waals surface area contributed by atoms with Crippen molar-refractivity contribution in [1.82, 2.24) is 10.6 Å². The number of aryl methyl sites for hydroxylation is 1. The van der Waals surface area contributed by atoms with Gasteiger partial charge in [-0.1, -0.05) is 49.1 Å². The molecule has 2 N–H and O–H groups in total. The highest BCUT2D eigenvalue weighted by molar-refractivity contribution is 5.89. The average Bonchev–Trinajstić information content (AvgIpc) is 3.12. The van der Waals surface area contributed by atoms with Crippen LogP contribution in [0.1, 0.15) is 76.3 Å². The van der Waals surface area contributed by atoms with Crippen LogP contribution in [0.5, 0.6) is 0 Å². The van der Waals surface area contributed by atoms with Crippen LogP contribution in [0.25, 0.3) is 0 Å². The number of carbonyl (C=O) groups is 2. The molecule has 148 valence electrons. The number of nitrogens with one attached hydrogen (secondary N) is 2. The second kappa shape index (κ2) is 8.45. The quantitative estimate of drug-likeness (QED) is 0.823. The Morgan fingerprint density at radius 3 is 2.52 bits per heavy atom. The predicted octanol–water partition coefficient (Wildman–Crippen LogP) is 4.01. The Morgan fingerprint density at radius 2 is 1.85 bits per heavy atom. The highest BCUT2D eigenvalue weighted by Crippen LogP contribution is 2.42. The maximum Gasteiger partial charge on any atom is 0.230 e. The summed E-state index contributed by atoms with van der Waals surface area (Å²) in [6, 6.07) is 8.70. The first-order valence-electron chi connectivity index (χ1n) is 10.6. The molecule has 2 unspecified atom stereocenters. The Balaban J connectivity index is 1.70. The molecule has 0 heterocycles. The van der Waals surface area contributed by atoms with Crippen molar-refractivity contribution in [2.24, 2.45) is 5.92 Å². The van der Waals surface area contributed by atoms with Gasteiger partial charge in [-0.25, -0.2) is 0 Å². The molecule has 4 heteroatoms. The summed E-state index contributed by atoms with van der Waals surface area (Å²) in [5, 5.41) is 6.37. The van der Waals surface area contributed by atoms with Crippen molar-refractivity contribution in [3.63, 3.8) is 0 Å². The molecular weight excluding hydrogens is 336 g/mol. The SMILES string of the molecule is Cc1cccc(C2(C(=O)NC3CCCC(C(=O)NC(C)C)C3)CCCC2)c1. The molecule has 4 nitrogen and oxygen atoms in total. The molecule has 0 aliphatic heterocycles. The predicted molar refractivity (Wildman–Crippen MR) is 108 cm³/mol. The van der Waals surface area contributed by atoms with Gasteiger partial charge in [0.15, 0.2) is 0 Å². The van der Waals surface area contributed by atoms with E-state index in [0.717, 1.165) is 56.9 Å². The fourth-order valence-corrected chi connectivity index (χ4v) is 4.85. The maximum absolute atomic E-state index is 13.4. The zero-order chi connectivity index (χ0) is 19.4. The molecule has 2 aliphatic carbocycles. The van der Waals surface area contributed by atoms with Crippen molar-refractivity contribution in [2.75, 3.05) is 0 Å². The van der Waals surface area contributed by atoms with E-state index in [0.29, 0.717) is 0 Å². The molecule has 2 amide bonds. The summed E-state index contributed by atoms with van der Waals surface area (Å²) in [5.41, 5.74) is 1.97. The summed E-state index contributed by atoms with van der Waals surface area (Å²) >= 11 is 0. The molecule has 0 bridgehead atoms. The molecule has 0 saturated heterocycles. The van der Waals surface area contributed by atoms with E-state index in [9.17, 15) is 9.59 Å². The second-order valence-electron chi connectivity index (χ2n) is 8.86. The minimum absolute atomic E-state index is 0.0185. The van der Waals surface area contributed by atoms with Gasteiger partial charge in [0.05, 0.1) is 5.41 Å². The molecular formula is C23H34N2O2. The average molecular weight is 371 g/mol. The van der Waals surface area contributed by atoms with Gasteiger partial charge in [-0.05, 0) is 58.4 Å². The topological polar surface area (TPSA) is 58.2 Å². The molecule has 2 fully saturated rings. The third-order valence-corrected chi connectivity index (χ3v) is 6.27. The van der Waals surface area contributed by atoms with Crippen LogP contribution in [-0.4, -0.2) is 23.9 Å². The van der Waals surface area contributed by atoms with Crippen LogP contribution in [0, 0.1) is 12.8 Å². The van der Waals surface area contributed by atoms with Gasteiger partial charge >= 0.3 is 0 Å². The van der Waals surface area contributed by atoms with Crippen LogP contribution in [-0.2, 0) is 15.0 Å². The molecule has 1 aromatic carbocycles. The lowest BCUT2D eigenvalue weighted by Gasteiger charge is -2.34. The zero-order valence-electron chi connectivity index (χ0n) is 17.0. The highest BCUT2D eigenvalue weighted by atomic mass is 16.2. The Labute approximate surface area is 163 Å². The zero-order valence-corrected chi connectivity index (χ0v) is 17.0. The summed E-state index contributed by atoms with van der Waals surface area (Å²) in [6.07, 6.45) is 7.71. The molecule has 0 radical (unpaired) electrons. The van der Waals surface area contributed by atoms with Crippen molar-refractivity contribution in [1.29, 1.82) is 0 Å². The van der Waals surface area contributed by atoms with Crippen LogP contribution in [0.15, 0.2) is 24.3 Å². The largest absolute Gasteiger partial charge is 0.354 e. The van der Waals surface area contributed by atoms with Gasteiger partial charge in [0.2, 0.25) is 11.8 Å². The van der Waals surface area contributed by atoms with E-state index in [2.05, 4.69) is 41.8 Å². The fourth-order valence-electron chi connectivity index (χ4n) is 4.85. The third kappa shape index (κ3) is 4.53. The van der Waals surface area contributed by atoms with E-state index in [-0.39, 0.29) is 35.2 Å². The Hall–Kier alpha value is -1.84. The van der Waals surface area contributed by atoms with Gasteiger partial charge < -0.3 is 10.6 Å². The fraction of sp³-hybridized carbons (Fsp3) is 0.652. The van der Waals surface area contributed by atoms with Crippen molar-refractivity contribution in [2.45, 2.75) is 89.6 Å². The van der Waals surface area contributed by atoms with Crippen LogP contribution < -0.4 is 10.6 Å². The number of carbonyl (C=O) groups excluding carboxylic acids is 2. The van der Waals surface area contributed by atoms with E-state index < -0.39 is 0 Å². The van der Waals surface area contributed by atoms with Gasteiger partial charge in [-0.2, -0.15) is 0 Å². The van der Waals surface area contributed by atoms with Crippen molar-refractivity contribution in [3.05, 3.63) is 35.4 Å². The second-order valence-corrected chi connectivity index (χ2v) is 8.86. The number of hydrogen-bond donors (Lipinski definition) is 2. The van der Waals surface area contributed by atoms with Gasteiger partial charge in [0.25, 0.3) is 0 Å². The number of benzene rings is 1. The van der Waals surface area contributed by atoms with E-state index in [4.69, 9.17) is 0 Å². The normalized spacial score (nSPS) is 24.6. The summed E-state index contributed by atoms with van der Waals surface area (Å²) in [4.78, 5) is 25.8. The molecule has 27 heavy (non-hydrogen) atoms. The van der Waals surface area contributed by atoms with Gasteiger partial charge in [-0.15, -0.1) is 0 Å². The first-order valence-corrected chi connectivity index (χ1v) is 10.6. The molecule has 2 aliphatic rings. The van der Waals surface area contributed by atoms with E-state index in [1.165, 1.54) is 5.56 Å². The Bertz CT molecular complexity index is 677. The van der Waals surface area contributed by atoms with Crippen molar-refractivity contribution in [3.8, 4) is 0 Å². The minimum Gasteiger partial charge on any atom is -0.354 e. The first kappa shape index (κ1) is 19.9. The number of rotatable bonds is 5. The van der Waals surface area contributed by atoms with Gasteiger partial charge in [-0.3, -0.25) is 9.59 Å². The van der Waals surface area contributed by atoms with Crippen molar-refractivity contribution < 1.29 is 9.59 Å². The minimum atomic E-state index is -0.390. The summed E-state index contributed by atoms with van der Waals surface area (Å²) in [5.74, 6) is 0.323. The lowest BCUT2D eigenvalue weighted by molar-refractivity contribution is -0.130. The summed E-state index contributed by atoms with van der Waals surface area (Å²) < 4.78 is 0. The van der Waals surface area contributed by atoms with E-state index in [1.807, 2.05) is 13.8 Å². The third-order valence-electron chi connectivity index (χ3n) is 6.27. The molecule has 0 spiro atoms. The van der Waals surface area contributed by atoms with E-state index >= 15 is 0 Å². The maximum atomic E-state index is 13.4.